The van der Waals surface area contributed by atoms with Crippen LogP contribution in [0.4, 0.5) is 58.4 Å². The first-order valence-electron chi connectivity index (χ1n) is 18.0. The van der Waals surface area contributed by atoms with E-state index < -0.39 is 42.2 Å². The normalized spacial score (nSPS) is 12.3. The van der Waals surface area contributed by atoms with Crippen LogP contribution < -0.4 is 31.9 Å². The van der Waals surface area contributed by atoms with E-state index in [4.69, 9.17) is 0 Å². The summed E-state index contributed by atoms with van der Waals surface area (Å²) in [6.45, 7) is 3.40. The topological polar surface area (TPSA) is 299 Å². The van der Waals surface area contributed by atoms with Crippen LogP contribution in [0.5, 0.6) is 0 Å². The zero-order chi connectivity index (χ0) is 42.9. The van der Waals surface area contributed by atoms with Crippen LogP contribution in [0, 0.1) is 0 Å². The summed E-state index contributed by atoms with van der Waals surface area (Å²) in [6.07, 6.45) is 1.06. The Labute approximate surface area is 401 Å². The molecule has 0 fully saturated rings. The molecule has 2 heterocycles. The minimum absolute atomic E-state index is 0. The average molecular weight is 903 g/mol. The number of benzene rings is 4. The molecule has 0 saturated heterocycles. The van der Waals surface area contributed by atoms with Gasteiger partial charge in [0.25, 0.3) is 20.2 Å². The van der Waals surface area contributed by atoms with Crippen LogP contribution in [0.15, 0.2) is 107 Å². The Bertz CT molecular complexity index is 2520. The number of aliphatic hydroxyl groups is 2. The number of rotatable bonds is 18. The maximum absolute atomic E-state index is 12.6. The van der Waals surface area contributed by atoms with Crippen molar-refractivity contribution < 1.29 is 36.2 Å². The van der Waals surface area contributed by atoms with E-state index in [9.17, 15) is 36.2 Å². The third-order valence-corrected chi connectivity index (χ3v) is 9.80. The summed E-state index contributed by atoms with van der Waals surface area (Å²) in [6, 6.07) is 26.0. The third kappa shape index (κ3) is 14.9. The molecule has 0 saturated carbocycles. The molecule has 0 aliphatic rings. The van der Waals surface area contributed by atoms with Gasteiger partial charge in [-0.2, -0.15) is 46.7 Å². The standard InChI is InChI=1S/C38H40N12O8S2.2Na/c1-23(51)21-39-33-45-35(41-27-9-5-3-6-10-27)49-37(47-33)43-29-17-15-25(31(19-29)59(53,54)55)13-14-26-16-18-30(20-32(26)60(56,57)58)44-38-48-34(40-22-24(2)52)46-36(50-38)42-28-11-7-4-8-12-28;;/h3-20,23-24,51-52H,21-22H2,1-2H3,(H,53,54,55)(H,56,57,58)(H3,39,41,43,45,47,49)(H3,40,42,44,46,48,50);;. The number of aliphatic hydroxyl groups excluding tert-OH is 2. The molecule has 62 heavy (non-hydrogen) atoms. The molecule has 2 atom stereocenters. The molecule has 2 radical (unpaired) electrons. The molecular formula is C38H40N12Na2O8S2. The van der Waals surface area contributed by atoms with Gasteiger partial charge in [-0.05, 0) is 73.5 Å². The van der Waals surface area contributed by atoms with Gasteiger partial charge in [-0.25, -0.2) is 0 Å². The first kappa shape index (κ1) is 49.8. The summed E-state index contributed by atoms with van der Waals surface area (Å²) in [5, 5.41) is 37.2. The van der Waals surface area contributed by atoms with Crippen molar-refractivity contribution >= 4 is 150 Å². The molecule has 0 aliphatic heterocycles. The monoisotopic (exact) mass is 902 g/mol. The second kappa shape index (κ2) is 22.5. The van der Waals surface area contributed by atoms with Crippen molar-refractivity contribution in [2.75, 3.05) is 45.0 Å². The van der Waals surface area contributed by atoms with E-state index in [1.54, 1.807) is 38.1 Å². The van der Waals surface area contributed by atoms with Crippen LogP contribution in [0.2, 0.25) is 0 Å². The molecule has 314 valence electrons. The maximum Gasteiger partial charge on any atom is 0.295 e. The van der Waals surface area contributed by atoms with E-state index in [0.717, 1.165) is 12.1 Å². The molecule has 0 aliphatic carbocycles. The van der Waals surface area contributed by atoms with Crippen molar-refractivity contribution in [2.45, 2.75) is 35.8 Å². The Morgan fingerprint density at radius 1 is 0.484 bits per heavy atom. The molecule has 4 aromatic carbocycles. The first-order valence-corrected chi connectivity index (χ1v) is 20.9. The van der Waals surface area contributed by atoms with Gasteiger partial charge < -0.3 is 42.1 Å². The minimum atomic E-state index is -4.86. The van der Waals surface area contributed by atoms with Crippen LogP contribution >= 0.6 is 0 Å². The first-order chi connectivity index (χ1) is 28.6. The molecule has 2 unspecified atom stereocenters. The molecule has 0 amide bonds. The van der Waals surface area contributed by atoms with Gasteiger partial charge >= 0.3 is 0 Å². The molecule has 0 spiro atoms. The Kier molecular flexibility index (Phi) is 18.1. The van der Waals surface area contributed by atoms with Crippen LogP contribution in [-0.4, -0.2) is 150 Å². The molecule has 24 heteroatoms. The van der Waals surface area contributed by atoms with E-state index >= 15 is 0 Å². The van der Waals surface area contributed by atoms with Crippen molar-refractivity contribution in [1.82, 2.24) is 29.9 Å². The zero-order valence-corrected chi connectivity index (χ0v) is 39.5. The van der Waals surface area contributed by atoms with Crippen molar-refractivity contribution in [2.24, 2.45) is 0 Å². The van der Waals surface area contributed by atoms with E-state index in [2.05, 4.69) is 61.8 Å². The molecular weight excluding hydrogens is 863 g/mol. The van der Waals surface area contributed by atoms with E-state index in [0.29, 0.717) is 11.4 Å². The number of hydrogen-bond donors (Lipinski definition) is 10. The predicted octanol–water partition coefficient (Wildman–Crippen LogP) is 4.52. The predicted molar refractivity (Wildman–Crippen MR) is 239 cm³/mol. The van der Waals surface area contributed by atoms with Gasteiger partial charge in [0.05, 0.1) is 12.2 Å². The molecule has 6 aromatic rings. The summed E-state index contributed by atoms with van der Waals surface area (Å²) >= 11 is 0. The summed E-state index contributed by atoms with van der Waals surface area (Å²) in [7, 11) is -9.72. The van der Waals surface area contributed by atoms with Crippen LogP contribution in [0.1, 0.15) is 25.0 Å². The van der Waals surface area contributed by atoms with Gasteiger partial charge in [-0.1, -0.05) is 60.7 Å². The van der Waals surface area contributed by atoms with Gasteiger partial charge in [0.1, 0.15) is 9.79 Å². The minimum Gasteiger partial charge on any atom is -0.392 e. The van der Waals surface area contributed by atoms with Crippen LogP contribution in [-0.2, 0) is 20.2 Å². The zero-order valence-electron chi connectivity index (χ0n) is 33.9. The fraction of sp³-hybridized carbons (Fsp3) is 0.158. The summed E-state index contributed by atoms with van der Waals surface area (Å²) in [4.78, 5) is 24.9. The molecule has 20 nitrogen and oxygen atoms in total. The van der Waals surface area contributed by atoms with Gasteiger partial charge in [-0.3, -0.25) is 9.11 Å². The number of anilines is 10. The number of nitrogens with one attached hydrogen (secondary N) is 6. The Morgan fingerprint density at radius 2 is 0.790 bits per heavy atom. The number of para-hydroxylation sites is 2. The van der Waals surface area contributed by atoms with Crippen molar-refractivity contribution in [3.63, 3.8) is 0 Å². The van der Waals surface area contributed by atoms with Gasteiger partial charge in [0.15, 0.2) is 0 Å². The van der Waals surface area contributed by atoms with Gasteiger partial charge in [-0.15, -0.1) is 0 Å². The summed E-state index contributed by atoms with van der Waals surface area (Å²) < 4.78 is 70.9. The summed E-state index contributed by atoms with van der Waals surface area (Å²) in [5.41, 5.74) is 1.58. The number of nitrogens with zero attached hydrogens (tertiary/aromatic N) is 6. The molecule has 2 aromatic heterocycles. The SMILES string of the molecule is CC(O)CNc1nc(Nc2ccccc2)nc(Nc2ccc(C=Cc3ccc(Nc4nc(NCC(C)O)nc(Nc5ccccc5)n4)cc3S(=O)(=O)O)c(S(=O)(=O)O)c2)n1.[Na].[Na]. The largest absolute Gasteiger partial charge is 0.392 e. The fourth-order valence-electron chi connectivity index (χ4n) is 5.30. The second-order valence-electron chi connectivity index (χ2n) is 13.1. The fourth-order valence-corrected chi connectivity index (χ4v) is 6.72. The van der Waals surface area contributed by atoms with E-state index in [1.807, 2.05) is 36.4 Å². The molecule has 6 rings (SSSR count). The van der Waals surface area contributed by atoms with Gasteiger partial charge in [0.2, 0.25) is 35.7 Å². The van der Waals surface area contributed by atoms with Crippen LogP contribution in [0.25, 0.3) is 12.2 Å². The third-order valence-electron chi connectivity index (χ3n) is 7.98. The second-order valence-corrected chi connectivity index (χ2v) is 15.9. The number of hydrogen-bond acceptors (Lipinski definition) is 18. The molecule has 0 bridgehead atoms. The molecule has 10 N–H and O–H groups in total. The Hall–Kier alpha value is -4.82. The van der Waals surface area contributed by atoms with Crippen molar-refractivity contribution in [3.8, 4) is 0 Å². The van der Waals surface area contributed by atoms with Crippen molar-refractivity contribution in [3.05, 3.63) is 108 Å². The number of aromatic nitrogens is 6. The van der Waals surface area contributed by atoms with Crippen LogP contribution in [0.3, 0.4) is 0 Å². The van der Waals surface area contributed by atoms with Crippen molar-refractivity contribution in [1.29, 1.82) is 0 Å². The quantitative estimate of drug-likeness (QED) is 0.0322. The maximum atomic E-state index is 12.6. The smallest absolute Gasteiger partial charge is 0.295 e. The van der Waals surface area contributed by atoms with E-state index in [1.165, 1.54) is 36.4 Å². The van der Waals surface area contributed by atoms with E-state index in [-0.39, 0.29) is 130 Å². The summed E-state index contributed by atoms with van der Waals surface area (Å²) in [5.74, 6) is 0.436. The Balaban J connectivity index is 0.00000422. The average Bonchev–Trinajstić information content (AvgIpc) is 3.19. The Morgan fingerprint density at radius 3 is 1.10 bits per heavy atom. The van der Waals surface area contributed by atoms with Gasteiger partial charge in [0, 0.05) is 95.0 Å².